The topological polar surface area (TPSA) is 72.6 Å². The fraction of sp³-hybridized carbons (Fsp3) is 0.571. The Labute approximate surface area is 120 Å². The van der Waals surface area contributed by atoms with Gasteiger partial charge in [-0.1, -0.05) is 6.07 Å². The number of aryl methyl sites for hydroxylation is 1. The molecule has 1 aromatic carbocycles. The quantitative estimate of drug-likeness (QED) is 0.911. The molecule has 112 valence electrons. The zero-order valence-electron chi connectivity index (χ0n) is 12.0. The molecule has 0 bridgehead atoms. The van der Waals surface area contributed by atoms with Crippen LogP contribution in [0.4, 0.5) is 0 Å². The van der Waals surface area contributed by atoms with Crippen molar-refractivity contribution in [2.45, 2.75) is 24.7 Å². The maximum absolute atomic E-state index is 12.8. The van der Waals surface area contributed by atoms with Crippen LogP contribution in [0.3, 0.4) is 0 Å². The van der Waals surface area contributed by atoms with Gasteiger partial charge >= 0.3 is 0 Å². The van der Waals surface area contributed by atoms with E-state index < -0.39 is 10.0 Å². The average Bonchev–Trinajstić information content (AvgIpc) is 2.47. The molecule has 1 aromatic rings. The van der Waals surface area contributed by atoms with Crippen molar-refractivity contribution in [2.24, 2.45) is 11.7 Å². The summed E-state index contributed by atoms with van der Waals surface area (Å²) < 4.78 is 32.3. The number of piperidine rings is 1. The van der Waals surface area contributed by atoms with Crippen LogP contribution >= 0.6 is 0 Å². The Kier molecular flexibility index (Phi) is 4.67. The Hall–Kier alpha value is -1.11. The van der Waals surface area contributed by atoms with Crippen LogP contribution in [0.15, 0.2) is 23.1 Å². The molecule has 0 saturated carbocycles. The molecule has 1 saturated heterocycles. The lowest BCUT2D eigenvalue weighted by atomic mass is 10.0. The van der Waals surface area contributed by atoms with Crippen LogP contribution in [-0.4, -0.2) is 39.5 Å². The third kappa shape index (κ3) is 2.97. The van der Waals surface area contributed by atoms with E-state index in [1.165, 1.54) is 11.4 Å². The normalized spacial score (nSPS) is 20.9. The Morgan fingerprint density at radius 2 is 2.20 bits per heavy atom. The number of hydrogen-bond acceptors (Lipinski definition) is 4. The number of rotatable bonds is 4. The van der Waals surface area contributed by atoms with Crippen molar-refractivity contribution >= 4 is 10.0 Å². The number of hydrogen-bond donors (Lipinski definition) is 1. The fourth-order valence-electron chi connectivity index (χ4n) is 2.56. The fourth-order valence-corrected chi connectivity index (χ4v) is 4.36. The van der Waals surface area contributed by atoms with Crippen LogP contribution in [0.2, 0.25) is 0 Å². The van der Waals surface area contributed by atoms with Gasteiger partial charge in [0.2, 0.25) is 10.0 Å². The van der Waals surface area contributed by atoms with Crippen LogP contribution in [0.5, 0.6) is 5.75 Å². The summed E-state index contributed by atoms with van der Waals surface area (Å²) in [5, 5.41) is 0. The van der Waals surface area contributed by atoms with Crippen LogP contribution < -0.4 is 10.5 Å². The molecule has 1 aliphatic heterocycles. The van der Waals surface area contributed by atoms with E-state index in [2.05, 4.69) is 0 Å². The third-order valence-electron chi connectivity index (χ3n) is 3.75. The second kappa shape index (κ2) is 6.11. The summed E-state index contributed by atoms with van der Waals surface area (Å²) in [5.41, 5.74) is 6.58. The van der Waals surface area contributed by atoms with Gasteiger partial charge in [-0.3, -0.25) is 0 Å². The molecular formula is C14H22N2O3S. The SMILES string of the molecule is COc1ccc(C)cc1S(=O)(=O)N1CCCC(CN)C1. The molecule has 0 aromatic heterocycles. The summed E-state index contributed by atoms with van der Waals surface area (Å²) in [7, 11) is -2.03. The third-order valence-corrected chi connectivity index (χ3v) is 5.64. The smallest absolute Gasteiger partial charge is 0.246 e. The molecule has 1 fully saturated rings. The minimum atomic E-state index is -3.52. The first-order chi connectivity index (χ1) is 9.48. The molecule has 0 aliphatic carbocycles. The monoisotopic (exact) mass is 298 g/mol. The van der Waals surface area contributed by atoms with Gasteiger partial charge in [-0.2, -0.15) is 4.31 Å². The van der Waals surface area contributed by atoms with Crippen molar-refractivity contribution in [3.63, 3.8) is 0 Å². The van der Waals surface area contributed by atoms with Gasteiger partial charge in [0, 0.05) is 13.1 Å². The van der Waals surface area contributed by atoms with Crippen LogP contribution in [0.1, 0.15) is 18.4 Å². The van der Waals surface area contributed by atoms with Gasteiger partial charge in [0.15, 0.2) is 0 Å². The summed E-state index contributed by atoms with van der Waals surface area (Å²) in [4.78, 5) is 0.248. The summed E-state index contributed by atoms with van der Waals surface area (Å²) in [6, 6.07) is 5.21. The molecule has 5 nitrogen and oxygen atoms in total. The molecule has 1 unspecified atom stereocenters. The lowest BCUT2D eigenvalue weighted by Crippen LogP contribution is -2.42. The Morgan fingerprint density at radius 3 is 2.85 bits per heavy atom. The highest BCUT2D eigenvalue weighted by atomic mass is 32.2. The lowest BCUT2D eigenvalue weighted by molar-refractivity contribution is 0.270. The standard InChI is InChI=1S/C14H22N2O3S/c1-11-5-6-13(19-2)14(8-11)20(17,18)16-7-3-4-12(9-15)10-16/h5-6,8,12H,3-4,7,9-10,15H2,1-2H3. The molecule has 6 heteroatoms. The van der Waals surface area contributed by atoms with Crippen molar-refractivity contribution in [3.8, 4) is 5.75 Å². The van der Waals surface area contributed by atoms with Gasteiger partial charge in [-0.15, -0.1) is 0 Å². The minimum Gasteiger partial charge on any atom is -0.495 e. The van der Waals surface area contributed by atoms with E-state index in [1.54, 1.807) is 12.1 Å². The van der Waals surface area contributed by atoms with Crippen molar-refractivity contribution in [3.05, 3.63) is 23.8 Å². The average molecular weight is 298 g/mol. The predicted molar refractivity (Wildman–Crippen MR) is 78.3 cm³/mol. The molecule has 1 aliphatic rings. The number of ether oxygens (including phenoxy) is 1. The second-order valence-corrected chi connectivity index (χ2v) is 7.17. The second-order valence-electron chi connectivity index (χ2n) is 5.26. The molecular weight excluding hydrogens is 276 g/mol. The number of nitrogens with two attached hydrogens (primary N) is 1. The van der Waals surface area contributed by atoms with E-state index in [4.69, 9.17) is 10.5 Å². The molecule has 1 heterocycles. The van der Waals surface area contributed by atoms with Gasteiger partial charge < -0.3 is 10.5 Å². The first-order valence-corrected chi connectivity index (χ1v) is 8.28. The van der Waals surface area contributed by atoms with E-state index in [-0.39, 0.29) is 10.8 Å². The highest BCUT2D eigenvalue weighted by Crippen LogP contribution is 2.30. The van der Waals surface area contributed by atoms with Gasteiger partial charge in [0.1, 0.15) is 10.6 Å². The molecule has 1 atom stereocenters. The minimum absolute atomic E-state index is 0.245. The number of benzene rings is 1. The van der Waals surface area contributed by atoms with E-state index >= 15 is 0 Å². The number of sulfonamides is 1. The Morgan fingerprint density at radius 1 is 1.45 bits per heavy atom. The molecule has 2 N–H and O–H groups in total. The van der Waals surface area contributed by atoms with E-state index in [0.29, 0.717) is 25.4 Å². The highest BCUT2D eigenvalue weighted by molar-refractivity contribution is 7.89. The van der Waals surface area contributed by atoms with Crippen LogP contribution in [0.25, 0.3) is 0 Å². The summed E-state index contributed by atoms with van der Waals surface area (Å²) >= 11 is 0. The van der Waals surface area contributed by atoms with Crippen molar-refractivity contribution in [2.75, 3.05) is 26.7 Å². The van der Waals surface area contributed by atoms with E-state index in [0.717, 1.165) is 18.4 Å². The van der Waals surface area contributed by atoms with Gasteiger partial charge in [0.05, 0.1) is 7.11 Å². The molecule has 0 spiro atoms. The van der Waals surface area contributed by atoms with Crippen LogP contribution in [-0.2, 0) is 10.0 Å². The predicted octanol–water partition coefficient (Wildman–Crippen LogP) is 1.36. The maximum atomic E-state index is 12.8. The summed E-state index contributed by atoms with van der Waals surface area (Å²) in [5.74, 6) is 0.639. The molecule has 2 rings (SSSR count). The van der Waals surface area contributed by atoms with Gasteiger partial charge in [0.25, 0.3) is 0 Å². The first kappa shape index (κ1) is 15.3. The van der Waals surface area contributed by atoms with Gasteiger partial charge in [-0.05, 0) is 49.9 Å². The number of nitrogens with zero attached hydrogens (tertiary/aromatic N) is 1. The van der Waals surface area contributed by atoms with Gasteiger partial charge in [-0.25, -0.2) is 8.42 Å². The van der Waals surface area contributed by atoms with Crippen molar-refractivity contribution < 1.29 is 13.2 Å². The van der Waals surface area contributed by atoms with E-state index in [1.807, 2.05) is 13.0 Å². The summed E-state index contributed by atoms with van der Waals surface area (Å²) in [6.07, 6.45) is 1.85. The van der Waals surface area contributed by atoms with Crippen molar-refractivity contribution in [1.82, 2.24) is 4.31 Å². The Balaban J connectivity index is 2.37. The largest absolute Gasteiger partial charge is 0.495 e. The lowest BCUT2D eigenvalue weighted by Gasteiger charge is -2.31. The number of methoxy groups -OCH3 is 1. The maximum Gasteiger partial charge on any atom is 0.246 e. The molecule has 0 radical (unpaired) electrons. The highest BCUT2D eigenvalue weighted by Gasteiger charge is 2.31. The van der Waals surface area contributed by atoms with E-state index in [9.17, 15) is 8.42 Å². The zero-order valence-corrected chi connectivity index (χ0v) is 12.8. The molecule has 20 heavy (non-hydrogen) atoms. The summed E-state index contributed by atoms with van der Waals surface area (Å²) in [6.45, 7) is 3.44. The van der Waals surface area contributed by atoms with Crippen LogP contribution in [0, 0.1) is 12.8 Å². The van der Waals surface area contributed by atoms with Crippen molar-refractivity contribution in [1.29, 1.82) is 0 Å². The Bertz CT molecular complexity index is 572. The first-order valence-electron chi connectivity index (χ1n) is 6.84. The zero-order chi connectivity index (χ0) is 14.8. The molecule has 0 amide bonds.